The second-order valence-electron chi connectivity index (χ2n) is 5.92. The van der Waals surface area contributed by atoms with Crippen molar-refractivity contribution in [1.82, 2.24) is 4.81 Å². The van der Waals surface area contributed by atoms with Gasteiger partial charge >= 0.3 is 28.7 Å². The average molecular weight is 367 g/mol. The van der Waals surface area contributed by atoms with E-state index in [2.05, 4.69) is 98.5 Å². The standard InChI is InChI=1S/C16H22BN.C2H6N.ClH.Ti/c1-13(2)18(14(3)4)17(15-9-5-6-10-15)16-11-7-8-12-16;1-3-2;;/h5-14H,1-4H3;1-2H3;1H;/q;-1;;+4/p-1. The summed E-state index contributed by atoms with van der Waals surface area (Å²) in [6.07, 6.45) is 17.4. The van der Waals surface area contributed by atoms with Crippen molar-refractivity contribution in [3.8, 4) is 0 Å². The van der Waals surface area contributed by atoms with E-state index in [0.29, 0.717) is 18.9 Å². The number of hydrogen-bond acceptors (Lipinski definition) is 1. The molecule has 2 saturated carbocycles. The molecule has 0 bridgehead atoms. The molecule has 2 fully saturated rings. The van der Waals surface area contributed by atoms with Crippen LogP contribution in [-0.4, -0.2) is 37.8 Å². The van der Waals surface area contributed by atoms with Crippen LogP contribution in [0.4, 0.5) is 0 Å². The Hall–Kier alpha value is 0.989. The van der Waals surface area contributed by atoms with Gasteiger partial charge in [0.2, 0.25) is 6.85 Å². The molecule has 2 nitrogen and oxygen atoms in total. The third-order valence-electron chi connectivity index (χ3n) is 3.50. The fourth-order valence-electron chi connectivity index (χ4n) is 2.87. The van der Waals surface area contributed by atoms with Gasteiger partial charge in [-0.3, -0.25) is 0 Å². The normalized spacial score (nSPS) is 19.0. The van der Waals surface area contributed by atoms with Crippen molar-refractivity contribution >= 4 is 16.2 Å². The van der Waals surface area contributed by atoms with Crippen molar-refractivity contribution in [2.24, 2.45) is 0 Å². The molecule has 0 heterocycles. The Balaban J connectivity index is 0.000000868. The molecule has 0 aromatic rings. The molecule has 2 rings (SSSR count). The van der Waals surface area contributed by atoms with E-state index in [1.54, 1.807) is 14.1 Å². The quantitative estimate of drug-likeness (QED) is 0.664. The van der Waals surface area contributed by atoms with Crippen LogP contribution in [0.25, 0.3) is 5.32 Å². The maximum absolute atomic E-state index is 4.64. The third kappa shape index (κ3) is 8.27. The van der Waals surface area contributed by atoms with Crippen LogP contribution in [-0.2, 0) is 19.4 Å². The molecule has 0 N–H and O–H groups in total. The van der Waals surface area contributed by atoms with E-state index < -0.39 is 0 Å². The van der Waals surface area contributed by atoms with Crippen LogP contribution in [0.3, 0.4) is 0 Å². The summed E-state index contributed by atoms with van der Waals surface area (Å²) in [5.41, 5.74) is 0. The molecule has 0 amide bonds. The molecular formula is C18H28BClN2Ti+2. The zero-order chi connectivity index (χ0) is 17.8. The molecule has 122 valence electrons. The molecule has 0 atom stereocenters. The number of halogens is 1. The van der Waals surface area contributed by atoms with Crippen LogP contribution < -0.4 is 0 Å². The predicted octanol–water partition coefficient (Wildman–Crippen LogP) is 4.29. The Labute approximate surface area is 162 Å². The number of nitrogens with zero attached hydrogens (tertiary/aromatic N) is 2. The first-order valence-electron chi connectivity index (χ1n) is 7.90. The van der Waals surface area contributed by atoms with Gasteiger partial charge in [0, 0.05) is 0 Å². The van der Waals surface area contributed by atoms with E-state index in [1.165, 1.54) is 31.0 Å². The molecule has 23 heavy (non-hydrogen) atoms. The Kier molecular flexibility index (Phi) is 14.8. The zero-order valence-corrected chi connectivity index (χ0v) is 17.4. The molecule has 0 aromatic carbocycles. The van der Waals surface area contributed by atoms with Crippen LogP contribution in [0.2, 0.25) is 0 Å². The average Bonchev–Trinajstić information content (AvgIpc) is 3.20. The Bertz CT molecular complexity index is 244. The maximum atomic E-state index is 4.64. The molecule has 0 spiro atoms. The second kappa shape index (κ2) is 14.2. The van der Waals surface area contributed by atoms with Gasteiger partial charge in [0.25, 0.3) is 0 Å². The summed E-state index contributed by atoms with van der Waals surface area (Å²) >= 11 is 1.47. The molecule has 0 aromatic heterocycles. The van der Waals surface area contributed by atoms with E-state index in [-0.39, 0.29) is 0 Å². The molecule has 0 aliphatic heterocycles. The van der Waals surface area contributed by atoms with Crippen molar-refractivity contribution in [3.05, 3.63) is 68.3 Å². The summed E-state index contributed by atoms with van der Waals surface area (Å²) < 4.78 is 0. The van der Waals surface area contributed by atoms with Gasteiger partial charge in [0.1, 0.15) is 0 Å². The van der Waals surface area contributed by atoms with Gasteiger partial charge in [0.05, 0.1) is 0 Å². The fourth-order valence-corrected chi connectivity index (χ4v) is 2.87. The minimum atomic E-state index is 0.370. The Morgan fingerprint density at radius 3 is 1.30 bits per heavy atom. The van der Waals surface area contributed by atoms with E-state index >= 15 is 0 Å². The van der Waals surface area contributed by atoms with Gasteiger partial charge in [-0.1, -0.05) is 27.7 Å². The summed E-state index contributed by atoms with van der Waals surface area (Å²) in [7, 11) is 8.14. The summed E-state index contributed by atoms with van der Waals surface area (Å²) in [4.78, 5) is 2.57. The second-order valence-corrected chi connectivity index (χ2v) is 5.92. The Morgan fingerprint density at radius 1 is 0.826 bits per heavy atom. The summed E-state index contributed by atoms with van der Waals surface area (Å²) in [5.74, 6) is 2.78. The van der Waals surface area contributed by atoms with E-state index in [9.17, 15) is 0 Å². The van der Waals surface area contributed by atoms with Crippen LogP contribution in [0, 0.1) is 63.0 Å². The van der Waals surface area contributed by atoms with Crippen molar-refractivity contribution in [3.63, 3.8) is 0 Å². The minimum absolute atomic E-state index is 0.370. The topological polar surface area (TPSA) is 17.3 Å². The molecule has 2 aliphatic carbocycles. The van der Waals surface area contributed by atoms with Crippen molar-refractivity contribution in [2.45, 2.75) is 39.8 Å². The fraction of sp³-hybridized carbons (Fsp3) is 0.444. The van der Waals surface area contributed by atoms with Crippen LogP contribution >= 0.6 is 9.30 Å². The number of hydrogen-bond donors (Lipinski definition) is 0. The molecule has 2 aliphatic rings. The molecule has 0 saturated heterocycles. The van der Waals surface area contributed by atoms with Crippen LogP contribution in [0.1, 0.15) is 27.7 Å². The first-order chi connectivity index (χ1) is 11.0. The Morgan fingerprint density at radius 2 is 1.09 bits per heavy atom. The van der Waals surface area contributed by atoms with E-state index in [0.717, 1.165) is 0 Å². The SMILES string of the molecule is CC(C)N(B([C]1[CH][CH][CH][CH]1)[C]1[CH][CH][CH][CH]1)C(C)C.C[N-]C.[Cl][Ti+3]. The van der Waals surface area contributed by atoms with E-state index in [1.807, 2.05) is 0 Å². The van der Waals surface area contributed by atoms with Gasteiger partial charge in [-0.2, -0.15) is 14.1 Å². The number of rotatable bonds is 5. The van der Waals surface area contributed by atoms with Crippen molar-refractivity contribution in [1.29, 1.82) is 0 Å². The van der Waals surface area contributed by atoms with Crippen LogP contribution in [0.5, 0.6) is 0 Å². The van der Waals surface area contributed by atoms with Crippen molar-refractivity contribution in [2.75, 3.05) is 14.1 Å². The molecule has 5 heteroatoms. The molecular weight excluding hydrogens is 338 g/mol. The monoisotopic (exact) mass is 366 g/mol. The predicted molar refractivity (Wildman–Crippen MR) is 99.8 cm³/mol. The van der Waals surface area contributed by atoms with Gasteiger partial charge in [-0.25, -0.2) is 0 Å². The van der Waals surface area contributed by atoms with Gasteiger partial charge in [0.15, 0.2) is 0 Å². The summed E-state index contributed by atoms with van der Waals surface area (Å²) in [5, 5.41) is 3.50. The van der Waals surface area contributed by atoms with Gasteiger partial charge in [-0.15, -0.1) is 0 Å². The summed E-state index contributed by atoms with van der Waals surface area (Å²) in [6, 6.07) is 1.06. The first kappa shape index (κ1) is 24.0. The van der Waals surface area contributed by atoms with Gasteiger partial charge < -0.3 is 10.1 Å². The summed E-state index contributed by atoms with van der Waals surface area (Å²) in [6.45, 7) is 9.48. The first-order valence-corrected chi connectivity index (χ1v) is 10.0. The van der Waals surface area contributed by atoms with Crippen LogP contribution in [0.15, 0.2) is 0 Å². The third-order valence-corrected chi connectivity index (χ3v) is 3.50. The van der Waals surface area contributed by atoms with E-state index in [4.69, 9.17) is 0 Å². The zero-order valence-electron chi connectivity index (χ0n) is 15.1. The van der Waals surface area contributed by atoms with Crippen molar-refractivity contribution < 1.29 is 19.4 Å². The molecule has 10 radical (unpaired) electrons. The molecule has 0 unspecified atom stereocenters. The van der Waals surface area contributed by atoms with Gasteiger partial charge in [-0.05, 0) is 75.1 Å².